The number of hydrogen-bond acceptors (Lipinski definition) is 3. The molecule has 0 radical (unpaired) electrons. The third kappa shape index (κ3) is 12.4. The van der Waals surface area contributed by atoms with Crippen molar-refractivity contribution in [2.24, 2.45) is 0 Å². The molecule has 0 heterocycles. The Morgan fingerprint density at radius 1 is 0.864 bits per heavy atom. The Morgan fingerprint density at radius 3 is 2.00 bits per heavy atom. The van der Waals surface area contributed by atoms with Crippen LogP contribution in [0.3, 0.4) is 0 Å². The summed E-state index contributed by atoms with van der Waals surface area (Å²) in [4.78, 5) is 0. The second-order valence-corrected chi connectivity index (χ2v) is 9.67. The molecule has 1 N–H and O–H groups in total. The van der Waals surface area contributed by atoms with Crippen LogP contribution in [0, 0.1) is 0 Å². The molecule has 0 fully saturated rings. The molecule has 0 saturated carbocycles. The second kappa shape index (κ2) is 12.3. The number of benzene rings is 1. The molecule has 0 aliphatic carbocycles. The van der Waals surface area contributed by atoms with E-state index in [9.17, 15) is 8.42 Å². The molecule has 4 nitrogen and oxygen atoms in total. The summed E-state index contributed by atoms with van der Waals surface area (Å²) < 4.78 is 36.2. The standard InChI is InChI=1S/C16H26O4STe/c17-21(18,19)20-14-10-5-3-1-2-4-6-11-15-22-16-12-8-7-9-13-16/h7-9,12-13H,1-6,10-11,14-15H2,(H,17,18,19). The maximum atomic E-state index is 10.3. The fourth-order valence-corrected chi connectivity index (χ4v) is 5.13. The summed E-state index contributed by atoms with van der Waals surface area (Å²) in [6.07, 6.45) is 9.16. The van der Waals surface area contributed by atoms with Crippen molar-refractivity contribution in [3.05, 3.63) is 30.3 Å². The molecule has 0 aliphatic heterocycles. The summed E-state index contributed by atoms with van der Waals surface area (Å²) in [7, 11) is -4.25. The van der Waals surface area contributed by atoms with Crippen molar-refractivity contribution in [2.45, 2.75) is 55.8 Å². The van der Waals surface area contributed by atoms with Gasteiger partial charge >= 0.3 is 132 Å². The van der Waals surface area contributed by atoms with Gasteiger partial charge in [0.05, 0.1) is 0 Å². The fraction of sp³-hybridized carbons (Fsp3) is 0.625. The summed E-state index contributed by atoms with van der Waals surface area (Å²) in [5.41, 5.74) is 0. The molecule has 22 heavy (non-hydrogen) atoms. The van der Waals surface area contributed by atoms with Gasteiger partial charge in [0.1, 0.15) is 0 Å². The average Bonchev–Trinajstić information content (AvgIpc) is 2.48. The Labute approximate surface area is 144 Å². The quantitative estimate of drug-likeness (QED) is 0.289. The Hall–Kier alpha value is -0.120. The summed E-state index contributed by atoms with van der Waals surface area (Å²) in [5, 5.41) is 0. The summed E-state index contributed by atoms with van der Waals surface area (Å²) in [5.74, 6) is 0. The zero-order valence-electron chi connectivity index (χ0n) is 12.9. The van der Waals surface area contributed by atoms with E-state index in [4.69, 9.17) is 4.55 Å². The zero-order valence-corrected chi connectivity index (χ0v) is 16.1. The van der Waals surface area contributed by atoms with Crippen molar-refractivity contribution < 1.29 is 17.2 Å². The average molecular weight is 442 g/mol. The summed E-state index contributed by atoms with van der Waals surface area (Å²) in [6, 6.07) is 10.8. The van der Waals surface area contributed by atoms with Crippen LogP contribution in [0.25, 0.3) is 0 Å². The van der Waals surface area contributed by atoms with Gasteiger partial charge < -0.3 is 0 Å². The van der Waals surface area contributed by atoms with Gasteiger partial charge in [0.25, 0.3) is 0 Å². The molecule has 1 aromatic carbocycles. The third-order valence-electron chi connectivity index (χ3n) is 3.28. The molecule has 0 spiro atoms. The van der Waals surface area contributed by atoms with Gasteiger partial charge in [0.2, 0.25) is 0 Å². The van der Waals surface area contributed by atoms with E-state index < -0.39 is 10.4 Å². The van der Waals surface area contributed by atoms with Crippen molar-refractivity contribution in [3.63, 3.8) is 0 Å². The zero-order chi connectivity index (χ0) is 16.1. The monoisotopic (exact) mass is 444 g/mol. The van der Waals surface area contributed by atoms with Crippen LogP contribution >= 0.6 is 0 Å². The van der Waals surface area contributed by atoms with Gasteiger partial charge in [-0.05, 0) is 0 Å². The van der Waals surface area contributed by atoms with Crippen molar-refractivity contribution in [2.75, 3.05) is 6.61 Å². The molecule has 0 bridgehead atoms. The predicted octanol–water partition coefficient (Wildman–Crippen LogP) is 3.37. The van der Waals surface area contributed by atoms with Crippen LogP contribution in [0.5, 0.6) is 0 Å². The first-order valence-electron chi connectivity index (χ1n) is 7.87. The SMILES string of the molecule is O=S(=O)(O)OCCCCCCCCCC[Te]c1ccccc1. The maximum absolute atomic E-state index is 10.3. The number of unbranched alkanes of at least 4 members (excludes halogenated alkanes) is 7. The van der Waals surface area contributed by atoms with Gasteiger partial charge in [0.15, 0.2) is 0 Å². The second-order valence-electron chi connectivity index (χ2n) is 5.24. The van der Waals surface area contributed by atoms with Crippen molar-refractivity contribution >= 4 is 34.9 Å². The van der Waals surface area contributed by atoms with Gasteiger partial charge in [-0.3, -0.25) is 4.55 Å². The third-order valence-corrected chi connectivity index (χ3v) is 6.88. The first kappa shape index (κ1) is 19.9. The van der Waals surface area contributed by atoms with Gasteiger partial charge in [-0.15, -0.1) is 0 Å². The summed E-state index contributed by atoms with van der Waals surface area (Å²) >= 11 is 0.0190. The Kier molecular flexibility index (Phi) is 11.2. The van der Waals surface area contributed by atoms with E-state index in [2.05, 4.69) is 34.5 Å². The summed E-state index contributed by atoms with van der Waals surface area (Å²) in [6.45, 7) is 0.0860. The van der Waals surface area contributed by atoms with E-state index in [0.29, 0.717) is 6.42 Å². The first-order valence-corrected chi connectivity index (χ1v) is 12.1. The Morgan fingerprint density at radius 2 is 1.41 bits per heavy atom. The van der Waals surface area contributed by atoms with Crippen LogP contribution in [0.4, 0.5) is 0 Å². The van der Waals surface area contributed by atoms with E-state index >= 15 is 0 Å². The van der Waals surface area contributed by atoms with Crippen molar-refractivity contribution in [1.82, 2.24) is 0 Å². The normalized spacial score (nSPS) is 11.7. The van der Waals surface area contributed by atoms with E-state index in [-0.39, 0.29) is 27.5 Å². The van der Waals surface area contributed by atoms with Crippen LogP contribution in [0.1, 0.15) is 51.4 Å². The predicted molar refractivity (Wildman–Crippen MR) is 91.1 cm³/mol. The van der Waals surface area contributed by atoms with Gasteiger partial charge in [-0.25, -0.2) is 0 Å². The molecule has 0 aliphatic rings. The van der Waals surface area contributed by atoms with Crippen LogP contribution in [0.15, 0.2) is 30.3 Å². The van der Waals surface area contributed by atoms with E-state index in [1.165, 1.54) is 36.6 Å². The fourth-order valence-electron chi connectivity index (χ4n) is 2.14. The molecule has 126 valence electrons. The Bertz CT molecular complexity index is 476. The minimum atomic E-state index is -4.25. The van der Waals surface area contributed by atoms with Gasteiger partial charge in [0, 0.05) is 0 Å². The number of hydrogen-bond donors (Lipinski definition) is 1. The minimum absolute atomic E-state index is 0.0190. The van der Waals surface area contributed by atoms with Crippen LogP contribution in [-0.4, -0.2) is 40.5 Å². The molecule has 0 aromatic heterocycles. The van der Waals surface area contributed by atoms with Gasteiger partial charge in [-0.2, -0.15) is 8.42 Å². The van der Waals surface area contributed by atoms with Crippen LogP contribution in [0.2, 0.25) is 4.47 Å². The molecule has 0 atom stereocenters. The molecule has 0 saturated heterocycles. The molecule has 6 heteroatoms. The molecule has 0 amide bonds. The Balaban J connectivity index is 1.80. The van der Waals surface area contributed by atoms with E-state index in [1.807, 2.05) is 0 Å². The van der Waals surface area contributed by atoms with Crippen molar-refractivity contribution in [3.8, 4) is 0 Å². The van der Waals surface area contributed by atoms with Crippen LogP contribution < -0.4 is 3.61 Å². The molecule has 1 rings (SSSR count). The molecular weight excluding hydrogens is 416 g/mol. The van der Waals surface area contributed by atoms with E-state index in [0.717, 1.165) is 12.8 Å². The number of rotatable bonds is 13. The van der Waals surface area contributed by atoms with Crippen LogP contribution in [-0.2, 0) is 14.6 Å². The molecule has 0 unspecified atom stereocenters. The molecular formula is C16H26O4STe. The van der Waals surface area contributed by atoms with Crippen molar-refractivity contribution in [1.29, 1.82) is 0 Å². The topological polar surface area (TPSA) is 63.6 Å². The molecule has 1 aromatic rings. The first-order chi connectivity index (χ1) is 10.6. The van der Waals surface area contributed by atoms with E-state index in [1.54, 1.807) is 3.61 Å². The van der Waals surface area contributed by atoms with Gasteiger partial charge in [-0.1, -0.05) is 0 Å².